The minimum absolute atomic E-state index is 0.0646. The lowest BCUT2D eigenvalue weighted by atomic mass is 10.0. The van der Waals surface area contributed by atoms with E-state index in [0.29, 0.717) is 5.69 Å². The topological polar surface area (TPSA) is 105 Å². The van der Waals surface area contributed by atoms with Gasteiger partial charge >= 0.3 is 11.9 Å². The number of aromatic nitrogens is 3. The molecule has 0 saturated heterocycles. The second kappa shape index (κ2) is 3.54. The van der Waals surface area contributed by atoms with Gasteiger partial charge in [-0.3, -0.25) is 0 Å². The van der Waals surface area contributed by atoms with Gasteiger partial charge in [-0.1, -0.05) is 5.21 Å². The Morgan fingerprint density at radius 3 is 2.35 bits per heavy atom. The molecule has 1 aromatic rings. The van der Waals surface area contributed by atoms with Gasteiger partial charge < -0.3 is 10.2 Å². The maximum Gasteiger partial charge on any atom is 0.358 e. The molecule has 0 unspecified atom stereocenters. The van der Waals surface area contributed by atoms with Gasteiger partial charge in [0.15, 0.2) is 11.2 Å². The van der Waals surface area contributed by atoms with Crippen molar-refractivity contribution >= 4 is 11.9 Å². The molecule has 1 aliphatic carbocycles. The fourth-order valence-electron chi connectivity index (χ4n) is 1.67. The van der Waals surface area contributed by atoms with Crippen LogP contribution in [0.25, 0.3) is 0 Å². The number of carboxylic acids is 2. The average molecular weight is 239 g/mol. The van der Waals surface area contributed by atoms with Crippen molar-refractivity contribution in [1.29, 1.82) is 0 Å². The summed E-state index contributed by atoms with van der Waals surface area (Å²) in [6, 6.07) is 0. The molecular weight excluding hydrogens is 226 g/mol. The molecule has 0 bridgehead atoms. The van der Waals surface area contributed by atoms with Gasteiger partial charge in [0.25, 0.3) is 0 Å². The molecule has 1 fully saturated rings. The van der Waals surface area contributed by atoms with Crippen LogP contribution in [0, 0.1) is 0 Å². The van der Waals surface area contributed by atoms with Gasteiger partial charge in [-0.25, -0.2) is 14.3 Å². The summed E-state index contributed by atoms with van der Waals surface area (Å²) in [4.78, 5) is 22.2. The molecular formula is C10H13N3O4. The summed E-state index contributed by atoms with van der Waals surface area (Å²) in [7, 11) is 0. The molecule has 0 spiro atoms. The predicted molar refractivity (Wildman–Crippen MR) is 55.9 cm³/mol. The van der Waals surface area contributed by atoms with Crippen molar-refractivity contribution in [3.63, 3.8) is 0 Å². The molecule has 92 valence electrons. The van der Waals surface area contributed by atoms with Crippen molar-refractivity contribution in [3.8, 4) is 0 Å². The standard InChI is InChI=1S/C10H13N3O4/c1-10(2,9(16)17)13-7(5-3-4-5)6(8(14)15)11-12-13/h5H,3-4H2,1-2H3,(H,14,15)(H,16,17). The van der Waals surface area contributed by atoms with Crippen LogP contribution in [-0.4, -0.2) is 37.1 Å². The molecule has 1 aromatic heterocycles. The number of hydrogen-bond acceptors (Lipinski definition) is 4. The lowest BCUT2D eigenvalue weighted by Gasteiger charge is -2.21. The maximum atomic E-state index is 11.2. The fourth-order valence-corrected chi connectivity index (χ4v) is 1.67. The molecule has 0 atom stereocenters. The van der Waals surface area contributed by atoms with Gasteiger partial charge in [0, 0.05) is 5.92 Å². The zero-order chi connectivity index (χ0) is 12.8. The van der Waals surface area contributed by atoms with E-state index in [2.05, 4.69) is 10.3 Å². The third-order valence-corrected chi connectivity index (χ3v) is 2.92. The molecule has 7 heteroatoms. The number of carbonyl (C=O) groups is 2. The van der Waals surface area contributed by atoms with Crippen LogP contribution in [0.4, 0.5) is 0 Å². The summed E-state index contributed by atoms with van der Waals surface area (Å²) in [6.45, 7) is 2.95. The molecule has 7 nitrogen and oxygen atoms in total. The van der Waals surface area contributed by atoms with E-state index in [1.807, 2.05) is 0 Å². The molecule has 1 saturated carbocycles. The van der Waals surface area contributed by atoms with Crippen molar-refractivity contribution in [2.75, 3.05) is 0 Å². The van der Waals surface area contributed by atoms with Crippen LogP contribution < -0.4 is 0 Å². The van der Waals surface area contributed by atoms with Gasteiger partial charge in [-0.2, -0.15) is 0 Å². The first-order chi connectivity index (χ1) is 7.85. The van der Waals surface area contributed by atoms with Crippen LogP contribution in [0.15, 0.2) is 0 Å². The van der Waals surface area contributed by atoms with E-state index in [1.165, 1.54) is 18.5 Å². The Labute approximate surface area is 97.1 Å². The minimum atomic E-state index is -1.29. The van der Waals surface area contributed by atoms with E-state index in [4.69, 9.17) is 10.2 Å². The number of nitrogens with zero attached hydrogens (tertiary/aromatic N) is 3. The van der Waals surface area contributed by atoms with Crippen LogP contribution in [0.5, 0.6) is 0 Å². The number of carboxylic acid groups (broad SMARTS) is 2. The van der Waals surface area contributed by atoms with Gasteiger partial charge in [-0.15, -0.1) is 5.10 Å². The van der Waals surface area contributed by atoms with Crippen molar-refractivity contribution < 1.29 is 19.8 Å². The molecule has 0 amide bonds. The van der Waals surface area contributed by atoms with Crippen LogP contribution in [0.1, 0.15) is 48.8 Å². The molecule has 2 rings (SSSR count). The second-order valence-corrected chi connectivity index (χ2v) is 4.68. The first kappa shape index (κ1) is 11.6. The van der Waals surface area contributed by atoms with E-state index in [9.17, 15) is 9.59 Å². The summed E-state index contributed by atoms with van der Waals surface area (Å²) < 4.78 is 1.22. The Morgan fingerprint density at radius 2 is 1.94 bits per heavy atom. The minimum Gasteiger partial charge on any atom is -0.479 e. The Hall–Kier alpha value is -1.92. The summed E-state index contributed by atoms with van der Waals surface area (Å²) in [5, 5.41) is 25.4. The summed E-state index contributed by atoms with van der Waals surface area (Å²) >= 11 is 0. The second-order valence-electron chi connectivity index (χ2n) is 4.68. The molecule has 2 N–H and O–H groups in total. The third kappa shape index (κ3) is 1.77. The highest BCUT2D eigenvalue weighted by molar-refractivity contribution is 5.87. The largest absolute Gasteiger partial charge is 0.479 e. The van der Waals surface area contributed by atoms with Gasteiger partial charge in [-0.05, 0) is 26.7 Å². The summed E-state index contributed by atoms with van der Waals surface area (Å²) in [5.74, 6) is -2.17. The number of hydrogen-bond donors (Lipinski definition) is 2. The highest BCUT2D eigenvalue weighted by Gasteiger charge is 2.40. The lowest BCUT2D eigenvalue weighted by Crippen LogP contribution is -2.37. The maximum absolute atomic E-state index is 11.2. The monoisotopic (exact) mass is 239 g/mol. The van der Waals surface area contributed by atoms with E-state index in [1.54, 1.807) is 0 Å². The van der Waals surface area contributed by atoms with E-state index in [-0.39, 0.29) is 11.6 Å². The lowest BCUT2D eigenvalue weighted by molar-refractivity contribution is -0.146. The SMILES string of the molecule is CC(C)(C(=O)O)n1nnc(C(=O)O)c1C1CC1. The quantitative estimate of drug-likeness (QED) is 0.800. The Bertz CT molecular complexity index is 488. The Balaban J connectivity index is 2.55. The van der Waals surface area contributed by atoms with Crippen molar-refractivity contribution in [2.24, 2.45) is 0 Å². The van der Waals surface area contributed by atoms with Crippen LogP contribution in [0.2, 0.25) is 0 Å². The highest BCUT2D eigenvalue weighted by Crippen LogP contribution is 2.42. The smallest absolute Gasteiger partial charge is 0.358 e. The molecule has 1 heterocycles. The zero-order valence-electron chi connectivity index (χ0n) is 9.54. The van der Waals surface area contributed by atoms with Crippen molar-refractivity contribution in [2.45, 2.75) is 38.1 Å². The summed E-state index contributed by atoms with van der Waals surface area (Å²) in [5.41, 5.74) is -1.01. The van der Waals surface area contributed by atoms with E-state index < -0.39 is 17.5 Å². The van der Waals surface area contributed by atoms with Crippen molar-refractivity contribution in [3.05, 3.63) is 11.4 Å². The van der Waals surface area contributed by atoms with Gasteiger partial charge in [0.05, 0.1) is 5.69 Å². The Morgan fingerprint density at radius 1 is 1.35 bits per heavy atom. The van der Waals surface area contributed by atoms with E-state index >= 15 is 0 Å². The van der Waals surface area contributed by atoms with Crippen LogP contribution in [0.3, 0.4) is 0 Å². The average Bonchev–Trinajstić information content (AvgIpc) is 2.95. The molecule has 1 aliphatic rings. The van der Waals surface area contributed by atoms with Gasteiger partial charge in [0.1, 0.15) is 0 Å². The summed E-state index contributed by atoms with van der Waals surface area (Å²) in [6.07, 6.45) is 1.70. The normalized spacial score (nSPS) is 15.9. The van der Waals surface area contributed by atoms with Crippen LogP contribution >= 0.6 is 0 Å². The first-order valence-corrected chi connectivity index (χ1v) is 5.28. The van der Waals surface area contributed by atoms with E-state index in [0.717, 1.165) is 12.8 Å². The number of aliphatic carboxylic acids is 1. The van der Waals surface area contributed by atoms with Crippen molar-refractivity contribution in [1.82, 2.24) is 15.0 Å². The highest BCUT2D eigenvalue weighted by atomic mass is 16.4. The van der Waals surface area contributed by atoms with Crippen LogP contribution in [-0.2, 0) is 10.3 Å². The predicted octanol–water partition coefficient (Wildman–Crippen LogP) is 0.673. The zero-order valence-corrected chi connectivity index (χ0v) is 9.54. The first-order valence-electron chi connectivity index (χ1n) is 5.28. The Kier molecular flexibility index (Phi) is 2.41. The molecule has 17 heavy (non-hydrogen) atoms. The molecule has 0 radical (unpaired) electrons. The van der Waals surface area contributed by atoms with Gasteiger partial charge in [0.2, 0.25) is 0 Å². The molecule has 0 aromatic carbocycles. The molecule has 0 aliphatic heterocycles. The fraction of sp³-hybridized carbons (Fsp3) is 0.600. The number of aromatic carboxylic acids is 1. The third-order valence-electron chi connectivity index (χ3n) is 2.92. The number of rotatable bonds is 4.